The number of carboxylic acids is 1. The zero-order valence-electron chi connectivity index (χ0n) is 13.4. The van der Waals surface area contributed by atoms with E-state index >= 15 is 0 Å². The highest BCUT2D eigenvalue weighted by atomic mass is 16.5. The van der Waals surface area contributed by atoms with E-state index in [2.05, 4.69) is 0 Å². The number of hydrogen-bond donors (Lipinski definition) is 2. The van der Waals surface area contributed by atoms with Crippen molar-refractivity contribution in [3.8, 4) is 11.5 Å². The van der Waals surface area contributed by atoms with Crippen LogP contribution in [0.4, 0.5) is 0 Å². The Bertz CT molecular complexity index is 773. The van der Waals surface area contributed by atoms with Crippen molar-refractivity contribution in [2.45, 2.75) is 19.4 Å². The summed E-state index contributed by atoms with van der Waals surface area (Å²) in [5.74, 6) is -1.00. The number of ether oxygens (including phenoxy) is 1. The first-order valence-electron chi connectivity index (χ1n) is 7.32. The number of hydrogen-bond acceptors (Lipinski definition) is 4. The highest BCUT2D eigenvalue weighted by Crippen LogP contribution is 2.20. The zero-order valence-corrected chi connectivity index (χ0v) is 13.4. The Morgan fingerprint density at radius 1 is 1.04 bits per heavy atom. The van der Waals surface area contributed by atoms with Crippen molar-refractivity contribution in [2.24, 2.45) is 0 Å². The van der Waals surface area contributed by atoms with Crippen LogP contribution in [-0.2, 0) is 4.79 Å². The van der Waals surface area contributed by atoms with Crippen molar-refractivity contribution < 1.29 is 24.5 Å². The molecule has 0 bridgehead atoms. The van der Waals surface area contributed by atoms with Crippen LogP contribution in [-0.4, -0.2) is 27.6 Å². The van der Waals surface area contributed by atoms with Gasteiger partial charge in [0, 0.05) is 0 Å². The standard InChI is InChI=1S/C19H18O5/c1-19(2,18(22)23)24-14-10-7-13(8-11-14)9-12-17(21)15-5-3-4-6-16(15)20/h3-12,20H,1-2H3,(H,22,23). The van der Waals surface area contributed by atoms with Gasteiger partial charge in [-0.2, -0.15) is 0 Å². The van der Waals surface area contributed by atoms with Crippen molar-refractivity contribution in [1.29, 1.82) is 0 Å². The molecule has 0 spiro atoms. The first kappa shape index (κ1) is 17.3. The van der Waals surface area contributed by atoms with Gasteiger partial charge in [0.15, 0.2) is 11.4 Å². The number of benzene rings is 2. The van der Waals surface area contributed by atoms with Crippen LogP contribution in [0.3, 0.4) is 0 Å². The topological polar surface area (TPSA) is 83.8 Å². The third kappa shape index (κ3) is 4.23. The fourth-order valence-electron chi connectivity index (χ4n) is 1.93. The average molecular weight is 326 g/mol. The minimum atomic E-state index is -1.32. The molecule has 0 aliphatic heterocycles. The van der Waals surface area contributed by atoms with E-state index in [9.17, 15) is 14.7 Å². The number of carboxylic acid groups (broad SMARTS) is 1. The van der Waals surface area contributed by atoms with E-state index in [-0.39, 0.29) is 17.1 Å². The monoisotopic (exact) mass is 326 g/mol. The summed E-state index contributed by atoms with van der Waals surface area (Å²) in [7, 11) is 0. The molecule has 0 unspecified atom stereocenters. The summed E-state index contributed by atoms with van der Waals surface area (Å²) in [6.07, 6.45) is 2.98. The van der Waals surface area contributed by atoms with E-state index in [0.717, 1.165) is 5.56 Å². The number of phenols is 1. The lowest BCUT2D eigenvalue weighted by atomic mass is 10.1. The molecule has 2 aromatic rings. The number of phenolic OH excluding ortho intramolecular Hbond substituents is 1. The highest BCUT2D eigenvalue weighted by Gasteiger charge is 2.29. The van der Waals surface area contributed by atoms with Crippen molar-refractivity contribution in [1.82, 2.24) is 0 Å². The van der Waals surface area contributed by atoms with E-state index in [1.807, 2.05) is 0 Å². The van der Waals surface area contributed by atoms with E-state index in [4.69, 9.17) is 9.84 Å². The van der Waals surface area contributed by atoms with Crippen molar-refractivity contribution in [3.63, 3.8) is 0 Å². The van der Waals surface area contributed by atoms with Crippen LogP contribution in [0.5, 0.6) is 11.5 Å². The predicted octanol–water partition coefficient (Wildman–Crippen LogP) is 3.53. The molecule has 124 valence electrons. The van der Waals surface area contributed by atoms with Gasteiger partial charge in [0.25, 0.3) is 0 Å². The molecule has 0 amide bonds. The normalized spacial score (nSPS) is 11.4. The minimum absolute atomic E-state index is 0.0631. The third-order valence-electron chi connectivity index (χ3n) is 3.36. The first-order valence-corrected chi connectivity index (χ1v) is 7.32. The van der Waals surface area contributed by atoms with Gasteiger partial charge in [-0.3, -0.25) is 4.79 Å². The number of ketones is 1. The molecule has 2 N–H and O–H groups in total. The molecular weight excluding hydrogens is 308 g/mol. The van der Waals surface area contributed by atoms with E-state index in [1.165, 1.54) is 26.0 Å². The highest BCUT2D eigenvalue weighted by molar-refractivity contribution is 6.08. The zero-order chi connectivity index (χ0) is 17.7. The number of aliphatic carboxylic acids is 1. The van der Waals surface area contributed by atoms with Crippen LogP contribution in [0.25, 0.3) is 6.08 Å². The molecule has 5 nitrogen and oxygen atoms in total. The Morgan fingerprint density at radius 3 is 2.25 bits per heavy atom. The second-order valence-electron chi connectivity index (χ2n) is 5.70. The second kappa shape index (κ2) is 7.00. The third-order valence-corrected chi connectivity index (χ3v) is 3.36. The maximum absolute atomic E-state index is 12.0. The quantitative estimate of drug-likeness (QED) is 0.627. The maximum Gasteiger partial charge on any atom is 0.347 e. The van der Waals surface area contributed by atoms with Crippen molar-refractivity contribution in [3.05, 3.63) is 65.7 Å². The molecule has 24 heavy (non-hydrogen) atoms. The Morgan fingerprint density at radius 2 is 1.67 bits per heavy atom. The van der Waals surface area contributed by atoms with Gasteiger partial charge in [0.05, 0.1) is 5.56 Å². The lowest BCUT2D eigenvalue weighted by Crippen LogP contribution is -2.37. The minimum Gasteiger partial charge on any atom is -0.507 e. The molecular formula is C19H18O5. The Balaban J connectivity index is 2.08. The average Bonchev–Trinajstić information content (AvgIpc) is 2.54. The smallest absolute Gasteiger partial charge is 0.347 e. The van der Waals surface area contributed by atoms with Gasteiger partial charge in [-0.1, -0.05) is 30.3 Å². The van der Waals surface area contributed by atoms with Gasteiger partial charge in [-0.25, -0.2) is 4.79 Å². The summed E-state index contributed by atoms with van der Waals surface area (Å²) in [6.45, 7) is 2.93. The fraction of sp³-hybridized carbons (Fsp3) is 0.158. The van der Waals surface area contributed by atoms with Gasteiger partial charge >= 0.3 is 5.97 Å². The van der Waals surface area contributed by atoms with Crippen LogP contribution in [0.2, 0.25) is 0 Å². The molecule has 0 radical (unpaired) electrons. The molecule has 0 aromatic heterocycles. The summed E-state index contributed by atoms with van der Waals surface area (Å²) in [5.41, 5.74) is -0.339. The molecule has 0 saturated carbocycles. The van der Waals surface area contributed by atoms with E-state index < -0.39 is 11.6 Å². The molecule has 5 heteroatoms. The number of para-hydroxylation sites is 1. The first-order chi connectivity index (χ1) is 11.3. The van der Waals surface area contributed by atoms with E-state index in [0.29, 0.717) is 5.75 Å². The lowest BCUT2D eigenvalue weighted by Gasteiger charge is -2.21. The lowest BCUT2D eigenvalue weighted by molar-refractivity contribution is -0.152. The number of carbonyl (C=O) groups is 2. The molecule has 2 rings (SSSR count). The van der Waals surface area contributed by atoms with Crippen LogP contribution >= 0.6 is 0 Å². The van der Waals surface area contributed by atoms with Gasteiger partial charge in [0.2, 0.25) is 0 Å². The molecule has 0 fully saturated rings. The second-order valence-corrected chi connectivity index (χ2v) is 5.70. The predicted molar refractivity (Wildman–Crippen MR) is 90.3 cm³/mol. The Hall–Kier alpha value is -3.08. The molecule has 0 aliphatic carbocycles. The summed E-state index contributed by atoms with van der Waals surface area (Å²) >= 11 is 0. The summed E-state index contributed by atoms with van der Waals surface area (Å²) in [6, 6.07) is 13.0. The maximum atomic E-state index is 12.0. The van der Waals surface area contributed by atoms with Gasteiger partial charge in [-0.15, -0.1) is 0 Å². The number of aromatic hydroxyl groups is 1. The molecule has 0 aliphatic rings. The van der Waals surface area contributed by atoms with E-state index in [1.54, 1.807) is 48.5 Å². The SMILES string of the molecule is CC(C)(Oc1ccc(C=CC(=O)c2ccccc2O)cc1)C(=O)O. The van der Waals surface area contributed by atoms with Gasteiger partial charge in [0.1, 0.15) is 11.5 Å². The number of carbonyl (C=O) groups excluding carboxylic acids is 1. The van der Waals surface area contributed by atoms with Crippen LogP contribution in [0.1, 0.15) is 29.8 Å². The Labute approximate surface area is 139 Å². The van der Waals surface area contributed by atoms with Crippen LogP contribution in [0.15, 0.2) is 54.6 Å². The molecule has 0 saturated heterocycles. The Kier molecular flexibility index (Phi) is 5.04. The summed E-state index contributed by atoms with van der Waals surface area (Å²) in [4.78, 5) is 23.1. The van der Waals surface area contributed by atoms with Crippen molar-refractivity contribution >= 4 is 17.8 Å². The summed E-state index contributed by atoms with van der Waals surface area (Å²) in [5, 5.41) is 18.7. The molecule has 0 atom stereocenters. The van der Waals surface area contributed by atoms with Crippen LogP contribution < -0.4 is 4.74 Å². The number of rotatable bonds is 6. The van der Waals surface area contributed by atoms with Gasteiger partial charge in [-0.05, 0) is 49.8 Å². The largest absolute Gasteiger partial charge is 0.507 e. The fourth-order valence-corrected chi connectivity index (χ4v) is 1.93. The van der Waals surface area contributed by atoms with Crippen molar-refractivity contribution in [2.75, 3.05) is 0 Å². The van der Waals surface area contributed by atoms with Gasteiger partial charge < -0.3 is 14.9 Å². The van der Waals surface area contributed by atoms with Crippen LogP contribution in [0, 0.1) is 0 Å². The summed E-state index contributed by atoms with van der Waals surface area (Å²) < 4.78 is 5.41. The number of allylic oxidation sites excluding steroid dienone is 1. The molecule has 2 aromatic carbocycles. The molecule has 0 heterocycles.